The number of hydrogen-bond donors (Lipinski definition) is 2. The lowest BCUT2D eigenvalue weighted by Gasteiger charge is -2.08. The van der Waals surface area contributed by atoms with E-state index in [0.29, 0.717) is 17.2 Å². The van der Waals surface area contributed by atoms with Gasteiger partial charge in [0.05, 0.1) is 0 Å². The van der Waals surface area contributed by atoms with Gasteiger partial charge in [0, 0.05) is 11.4 Å². The summed E-state index contributed by atoms with van der Waals surface area (Å²) in [6.45, 7) is 3.99. The van der Waals surface area contributed by atoms with Crippen molar-refractivity contribution in [2.45, 2.75) is 13.8 Å². The zero-order chi connectivity index (χ0) is 17.8. The fourth-order valence-electron chi connectivity index (χ4n) is 2.25. The molecule has 0 saturated heterocycles. The van der Waals surface area contributed by atoms with Crippen LogP contribution in [0.25, 0.3) is 0 Å². The first-order valence-corrected chi connectivity index (χ1v) is 7.76. The van der Waals surface area contributed by atoms with Gasteiger partial charge in [-0.2, -0.15) is 0 Å². The highest BCUT2D eigenvalue weighted by Crippen LogP contribution is 2.17. The smallest absolute Gasteiger partial charge is 0.276 e. The summed E-state index contributed by atoms with van der Waals surface area (Å²) in [7, 11) is 0. The van der Waals surface area contributed by atoms with Crippen molar-refractivity contribution in [2.24, 2.45) is 0 Å². The number of rotatable bonds is 4. The maximum atomic E-state index is 13.2. The molecule has 6 heteroatoms. The van der Waals surface area contributed by atoms with Crippen LogP contribution in [0.3, 0.4) is 0 Å². The van der Waals surface area contributed by atoms with E-state index < -0.39 is 0 Å². The minimum atomic E-state index is -0.345. The molecule has 2 aromatic carbocycles. The number of nitrogens with one attached hydrogen (secondary N) is 2. The van der Waals surface area contributed by atoms with Gasteiger partial charge in [0.15, 0.2) is 11.5 Å². The first kappa shape index (κ1) is 16.6. The van der Waals surface area contributed by atoms with E-state index in [4.69, 9.17) is 0 Å². The molecule has 126 valence electrons. The Morgan fingerprint density at radius 1 is 0.920 bits per heavy atom. The normalized spacial score (nSPS) is 10.4. The molecule has 0 radical (unpaired) electrons. The van der Waals surface area contributed by atoms with E-state index in [0.717, 1.165) is 11.1 Å². The van der Waals surface area contributed by atoms with E-state index in [9.17, 15) is 9.18 Å². The van der Waals surface area contributed by atoms with E-state index in [-0.39, 0.29) is 17.4 Å². The van der Waals surface area contributed by atoms with Crippen LogP contribution < -0.4 is 10.6 Å². The molecule has 0 fully saturated rings. The van der Waals surface area contributed by atoms with E-state index in [1.165, 1.54) is 12.1 Å². The molecule has 0 aliphatic heterocycles. The van der Waals surface area contributed by atoms with Crippen molar-refractivity contribution in [1.29, 1.82) is 0 Å². The fourth-order valence-corrected chi connectivity index (χ4v) is 2.25. The Bertz CT molecular complexity index is 910. The maximum Gasteiger partial charge on any atom is 0.276 e. The second-order valence-electron chi connectivity index (χ2n) is 5.69. The SMILES string of the molecule is Cc1ccc(NC(=O)c2ccc(Nc3cccc(F)c3)nn2)cc1C. The summed E-state index contributed by atoms with van der Waals surface area (Å²) in [5, 5.41) is 13.6. The average molecular weight is 336 g/mol. The lowest BCUT2D eigenvalue weighted by molar-refractivity contribution is 0.102. The number of amides is 1. The van der Waals surface area contributed by atoms with Crippen molar-refractivity contribution in [3.8, 4) is 0 Å². The van der Waals surface area contributed by atoms with Crippen LogP contribution in [-0.2, 0) is 0 Å². The van der Waals surface area contributed by atoms with Gasteiger partial charge in [-0.1, -0.05) is 12.1 Å². The summed E-state index contributed by atoms with van der Waals surface area (Å²) >= 11 is 0. The quantitative estimate of drug-likeness (QED) is 0.748. The minimum Gasteiger partial charge on any atom is -0.339 e. The Hall–Kier alpha value is -3.28. The van der Waals surface area contributed by atoms with Crippen molar-refractivity contribution in [3.05, 3.63) is 77.2 Å². The molecule has 0 atom stereocenters. The molecule has 2 N–H and O–H groups in total. The van der Waals surface area contributed by atoms with Crippen LogP contribution in [0.15, 0.2) is 54.6 Å². The van der Waals surface area contributed by atoms with Gasteiger partial charge in [-0.25, -0.2) is 4.39 Å². The Labute approximate surface area is 144 Å². The lowest BCUT2D eigenvalue weighted by atomic mass is 10.1. The van der Waals surface area contributed by atoms with Gasteiger partial charge in [0.1, 0.15) is 5.82 Å². The Balaban J connectivity index is 1.68. The molecule has 5 nitrogen and oxygen atoms in total. The van der Waals surface area contributed by atoms with Crippen LogP contribution >= 0.6 is 0 Å². The summed E-state index contributed by atoms with van der Waals surface area (Å²) < 4.78 is 13.2. The van der Waals surface area contributed by atoms with Crippen molar-refractivity contribution < 1.29 is 9.18 Å². The zero-order valence-corrected chi connectivity index (χ0v) is 13.9. The summed E-state index contributed by atoms with van der Waals surface area (Å²) in [6.07, 6.45) is 0. The zero-order valence-electron chi connectivity index (χ0n) is 13.9. The number of aromatic nitrogens is 2. The monoisotopic (exact) mass is 336 g/mol. The molecular formula is C19H17FN4O. The number of anilines is 3. The standard InChI is InChI=1S/C19H17FN4O/c1-12-6-7-16(10-13(12)2)22-19(25)17-8-9-18(24-23-17)21-15-5-3-4-14(20)11-15/h3-11H,1-2H3,(H,21,24)(H,22,25). The number of carbonyl (C=O) groups excluding carboxylic acids is 1. The van der Waals surface area contributed by atoms with Gasteiger partial charge in [0.2, 0.25) is 0 Å². The van der Waals surface area contributed by atoms with Gasteiger partial charge in [0.25, 0.3) is 5.91 Å². The van der Waals surface area contributed by atoms with E-state index >= 15 is 0 Å². The molecule has 3 aromatic rings. The summed E-state index contributed by atoms with van der Waals surface area (Å²) in [5.41, 5.74) is 3.71. The van der Waals surface area contributed by atoms with Crippen LogP contribution in [0.4, 0.5) is 21.6 Å². The molecule has 0 aliphatic carbocycles. The van der Waals surface area contributed by atoms with Gasteiger partial charge in [-0.3, -0.25) is 4.79 Å². The number of benzene rings is 2. The maximum absolute atomic E-state index is 13.2. The number of halogens is 1. The predicted molar refractivity (Wildman–Crippen MR) is 95.6 cm³/mol. The topological polar surface area (TPSA) is 66.9 Å². The minimum absolute atomic E-state index is 0.197. The van der Waals surface area contributed by atoms with Crippen molar-refractivity contribution in [3.63, 3.8) is 0 Å². The summed E-state index contributed by atoms with van der Waals surface area (Å²) in [4.78, 5) is 12.2. The van der Waals surface area contributed by atoms with Gasteiger partial charge in [-0.05, 0) is 67.4 Å². The third kappa shape index (κ3) is 4.17. The molecule has 0 unspecified atom stereocenters. The highest BCUT2D eigenvalue weighted by Gasteiger charge is 2.09. The molecular weight excluding hydrogens is 319 g/mol. The average Bonchev–Trinajstić information content (AvgIpc) is 2.59. The molecule has 0 bridgehead atoms. The fraction of sp³-hybridized carbons (Fsp3) is 0.105. The van der Waals surface area contributed by atoms with Crippen LogP contribution in [-0.4, -0.2) is 16.1 Å². The first-order valence-electron chi connectivity index (χ1n) is 7.76. The summed E-state index contributed by atoms with van der Waals surface area (Å²) in [6, 6.07) is 14.9. The Kier molecular flexibility index (Phi) is 4.70. The van der Waals surface area contributed by atoms with Crippen molar-refractivity contribution >= 4 is 23.1 Å². The van der Waals surface area contributed by atoms with Crippen LogP contribution in [0.2, 0.25) is 0 Å². The van der Waals surface area contributed by atoms with Crippen molar-refractivity contribution in [1.82, 2.24) is 10.2 Å². The molecule has 1 aromatic heterocycles. The third-order valence-corrected chi connectivity index (χ3v) is 3.76. The van der Waals surface area contributed by atoms with E-state index in [2.05, 4.69) is 20.8 Å². The predicted octanol–water partition coefficient (Wildman–Crippen LogP) is 4.23. The molecule has 0 spiro atoms. The van der Waals surface area contributed by atoms with Crippen LogP contribution in [0, 0.1) is 19.7 Å². The molecule has 0 aliphatic rings. The third-order valence-electron chi connectivity index (χ3n) is 3.76. The number of aryl methyl sites for hydroxylation is 2. The lowest BCUT2D eigenvalue weighted by Crippen LogP contribution is -2.14. The van der Waals surface area contributed by atoms with Gasteiger partial charge >= 0.3 is 0 Å². The van der Waals surface area contributed by atoms with E-state index in [1.807, 2.05) is 32.0 Å². The van der Waals surface area contributed by atoms with Crippen LogP contribution in [0.1, 0.15) is 21.6 Å². The first-order chi connectivity index (χ1) is 12.0. The molecule has 1 amide bonds. The molecule has 3 rings (SSSR count). The number of nitrogens with zero attached hydrogens (tertiary/aromatic N) is 2. The highest BCUT2D eigenvalue weighted by atomic mass is 19.1. The number of hydrogen-bond acceptors (Lipinski definition) is 4. The van der Waals surface area contributed by atoms with E-state index in [1.54, 1.807) is 24.3 Å². The molecule has 25 heavy (non-hydrogen) atoms. The molecule has 0 saturated carbocycles. The Morgan fingerprint density at radius 2 is 1.76 bits per heavy atom. The van der Waals surface area contributed by atoms with Gasteiger partial charge in [-0.15, -0.1) is 10.2 Å². The molecule has 1 heterocycles. The van der Waals surface area contributed by atoms with Crippen LogP contribution in [0.5, 0.6) is 0 Å². The highest BCUT2D eigenvalue weighted by molar-refractivity contribution is 6.02. The van der Waals surface area contributed by atoms with Crippen molar-refractivity contribution in [2.75, 3.05) is 10.6 Å². The largest absolute Gasteiger partial charge is 0.339 e. The second-order valence-corrected chi connectivity index (χ2v) is 5.69. The van der Waals surface area contributed by atoms with Gasteiger partial charge < -0.3 is 10.6 Å². The summed E-state index contributed by atoms with van der Waals surface area (Å²) in [5.74, 6) is -0.260. The second kappa shape index (κ2) is 7.09. The Morgan fingerprint density at radius 3 is 2.44 bits per heavy atom. The number of carbonyl (C=O) groups is 1.